The van der Waals surface area contributed by atoms with E-state index in [-0.39, 0.29) is 0 Å². The van der Waals surface area contributed by atoms with Gasteiger partial charge in [-0.1, -0.05) is 51.5 Å². The van der Waals surface area contributed by atoms with Gasteiger partial charge in [0, 0.05) is 6.54 Å². The van der Waals surface area contributed by atoms with Crippen LogP contribution in [0.15, 0.2) is 17.1 Å². The van der Waals surface area contributed by atoms with Gasteiger partial charge in [-0.2, -0.15) is 0 Å². The summed E-state index contributed by atoms with van der Waals surface area (Å²) in [5.41, 5.74) is 0. The van der Waals surface area contributed by atoms with Crippen LogP contribution in [-0.2, 0) is 0 Å². The molecule has 1 N–H and O–H groups in total. The zero-order valence-electron chi connectivity index (χ0n) is 10.7. The summed E-state index contributed by atoms with van der Waals surface area (Å²) in [5.74, 6) is 1.07. The number of hydrogen-bond donors (Lipinski definition) is 1. The Labute approximate surface area is 100 Å². The van der Waals surface area contributed by atoms with Gasteiger partial charge < -0.3 is 5.32 Å². The van der Waals surface area contributed by atoms with Gasteiger partial charge in [-0.15, -0.1) is 0 Å². The number of unbranched alkanes of at least 4 members (excludes halogenated alkanes) is 7. The van der Waals surface area contributed by atoms with Crippen LogP contribution >= 0.6 is 0 Å². The van der Waals surface area contributed by atoms with E-state index in [1.54, 1.807) is 0 Å². The Morgan fingerprint density at radius 1 is 1.12 bits per heavy atom. The van der Waals surface area contributed by atoms with Crippen molar-refractivity contribution in [1.82, 2.24) is 5.32 Å². The largest absolute Gasteiger partial charge is 0.369 e. The van der Waals surface area contributed by atoms with Crippen molar-refractivity contribution in [2.45, 2.75) is 58.3 Å². The predicted octanol–water partition coefficient (Wildman–Crippen LogP) is 3.69. The molecule has 16 heavy (non-hydrogen) atoms. The lowest BCUT2D eigenvalue weighted by atomic mass is 10.1. The summed E-state index contributed by atoms with van der Waals surface area (Å²) in [6.45, 7) is 4.22. The Kier molecular flexibility index (Phi) is 7.83. The lowest BCUT2D eigenvalue weighted by molar-refractivity contribution is 0.592. The topological polar surface area (TPSA) is 24.4 Å². The van der Waals surface area contributed by atoms with Crippen LogP contribution in [0.25, 0.3) is 0 Å². The summed E-state index contributed by atoms with van der Waals surface area (Å²) in [7, 11) is 0. The molecule has 1 aliphatic rings. The molecular weight excluding hydrogens is 196 g/mol. The third kappa shape index (κ3) is 6.65. The second-order valence-electron chi connectivity index (χ2n) is 4.51. The molecule has 0 radical (unpaired) electrons. The molecule has 0 aliphatic carbocycles. The zero-order chi connectivity index (χ0) is 11.5. The van der Waals surface area contributed by atoms with E-state index in [2.05, 4.69) is 29.4 Å². The fourth-order valence-electron chi connectivity index (χ4n) is 1.94. The van der Waals surface area contributed by atoms with Crippen molar-refractivity contribution >= 4 is 5.84 Å². The zero-order valence-corrected chi connectivity index (χ0v) is 10.7. The Balaban J connectivity index is 1.84. The molecule has 2 heteroatoms. The smallest absolute Gasteiger partial charge is 0.120 e. The molecule has 0 saturated carbocycles. The van der Waals surface area contributed by atoms with Crippen molar-refractivity contribution in [3.63, 3.8) is 0 Å². The van der Waals surface area contributed by atoms with E-state index in [9.17, 15) is 0 Å². The van der Waals surface area contributed by atoms with Crippen LogP contribution in [0.4, 0.5) is 0 Å². The van der Waals surface area contributed by atoms with E-state index < -0.39 is 0 Å². The maximum absolute atomic E-state index is 4.32. The molecule has 0 saturated heterocycles. The molecule has 0 spiro atoms. The second-order valence-corrected chi connectivity index (χ2v) is 4.51. The Morgan fingerprint density at radius 2 is 1.88 bits per heavy atom. The quantitative estimate of drug-likeness (QED) is 0.591. The number of nitrogens with zero attached hydrogens (tertiary/aromatic N) is 1. The highest BCUT2D eigenvalue weighted by atomic mass is 15.1. The molecule has 2 nitrogen and oxygen atoms in total. The number of hydrogen-bond acceptors (Lipinski definition) is 2. The first-order valence-electron chi connectivity index (χ1n) is 6.88. The average molecular weight is 222 g/mol. The molecule has 0 amide bonds. The van der Waals surface area contributed by atoms with Crippen LogP contribution in [0.2, 0.25) is 0 Å². The van der Waals surface area contributed by atoms with Gasteiger partial charge in [0.25, 0.3) is 0 Å². The lowest BCUT2D eigenvalue weighted by Gasteiger charge is -1.99. The molecule has 0 bridgehead atoms. The van der Waals surface area contributed by atoms with Crippen LogP contribution in [0, 0.1) is 0 Å². The average Bonchev–Trinajstić information content (AvgIpc) is 2.80. The Morgan fingerprint density at radius 3 is 2.56 bits per heavy atom. The minimum atomic E-state index is 0.942. The van der Waals surface area contributed by atoms with Crippen molar-refractivity contribution in [2.24, 2.45) is 4.99 Å². The van der Waals surface area contributed by atoms with Crippen LogP contribution in [0.5, 0.6) is 0 Å². The van der Waals surface area contributed by atoms with E-state index in [1.807, 2.05) is 0 Å². The fourth-order valence-corrected chi connectivity index (χ4v) is 1.94. The van der Waals surface area contributed by atoms with Crippen molar-refractivity contribution in [1.29, 1.82) is 0 Å². The van der Waals surface area contributed by atoms with Gasteiger partial charge in [0.05, 0.1) is 6.54 Å². The summed E-state index contributed by atoms with van der Waals surface area (Å²) in [6.07, 6.45) is 15.3. The first-order chi connectivity index (χ1) is 7.93. The number of aliphatic imine (C=N–C) groups is 1. The number of nitrogens with one attached hydrogen (secondary N) is 1. The van der Waals surface area contributed by atoms with Gasteiger partial charge in [0.2, 0.25) is 0 Å². The van der Waals surface area contributed by atoms with E-state index >= 15 is 0 Å². The predicted molar refractivity (Wildman–Crippen MR) is 72.1 cm³/mol. The molecule has 1 rings (SSSR count). The Bertz CT molecular complexity index is 219. The van der Waals surface area contributed by atoms with Gasteiger partial charge in [-0.25, -0.2) is 0 Å². The highest BCUT2D eigenvalue weighted by Gasteiger charge is 1.98. The molecular formula is C14H26N2. The molecule has 0 fully saturated rings. The Hall–Kier alpha value is -0.790. The van der Waals surface area contributed by atoms with Crippen LogP contribution in [0.1, 0.15) is 58.3 Å². The lowest BCUT2D eigenvalue weighted by Crippen LogP contribution is -2.15. The van der Waals surface area contributed by atoms with Gasteiger partial charge in [-0.3, -0.25) is 4.99 Å². The molecule has 1 heterocycles. The summed E-state index contributed by atoms with van der Waals surface area (Å²) >= 11 is 0. The van der Waals surface area contributed by atoms with E-state index in [0.717, 1.165) is 18.9 Å². The van der Waals surface area contributed by atoms with Crippen LogP contribution in [-0.4, -0.2) is 18.9 Å². The number of rotatable bonds is 9. The van der Waals surface area contributed by atoms with Gasteiger partial charge in [0.1, 0.15) is 5.84 Å². The first-order valence-corrected chi connectivity index (χ1v) is 6.88. The monoisotopic (exact) mass is 222 g/mol. The highest BCUT2D eigenvalue weighted by Crippen LogP contribution is 2.08. The molecule has 0 unspecified atom stereocenters. The van der Waals surface area contributed by atoms with Gasteiger partial charge in [-0.05, 0) is 18.9 Å². The normalized spacial score (nSPS) is 15.4. The highest BCUT2D eigenvalue weighted by molar-refractivity contribution is 5.93. The number of allylic oxidation sites excluding steroid dienone is 1. The molecule has 1 aliphatic heterocycles. The molecule has 0 aromatic rings. The minimum absolute atomic E-state index is 0.942. The maximum Gasteiger partial charge on any atom is 0.120 e. The first kappa shape index (κ1) is 13.3. The third-order valence-electron chi connectivity index (χ3n) is 2.95. The summed E-state index contributed by atoms with van der Waals surface area (Å²) in [4.78, 5) is 4.32. The minimum Gasteiger partial charge on any atom is -0.369 e. The number of amidine groups is 1. The third-order valence-corrected chi connectivity index (χ3v) is 2.95. The maximum atomic E-state index is 4.32. The standard InChI is InChI=1S/C14H26N2/c1-2-3-4-5-6-7-8-9-10-11-14-15-12-13-16-14/h10-11H,2-9,12-13H2,1H3,(H,15,16)/b11-10+. The van der Waals surface area contributed by atoms with Crippen molar-refractivity contribution < 1.29 is 0 Å². The van der Waals surface area contributed by atoms with Crippen molar-refractivity contribution in [2.75, 3.05) is 13.1 Å². The molecule has 0 atom stereocenters. The van der Waals surface area contributed by atoms with Crippen molar-refractivity contribution in [3.8, 4) is 0 Å². The summed E-state index contributed by atoms with van der Waals surface area (Å²) < 4.78 is 0. The molecule has 92 valence electrons. The second kappa shape index (κ2) is 9.44. The van der Waals surface area contributed by atoms with Gasteiger partial charge in [0.15, 0.2) is 0 Å². The summed E-state index contributed by atoms with van der Waals surface area (Å²) in [5, 5.41) is 3.25. The van der Waals surface area contributed by atoms with Crippen LogP contribution < -0.4 is 5.32 Å². The van der Waals surface area contributed by atoms with E-state index in [4.69, 9.17) is 0 Å². The van der Waals surface area contributed by atoms with E-state index in [0.29, 0.717) is 0 Å². The van der Waals surface area contributed by atoms with Crippen molar-refractivity contribution in [3.05, 3.63) is 12.2 Å². The van der Waals surface area contributed by atoms with Gasteiger partial charge >= 0.3 is 0 Å². The van der Waals surface area contributed by atoms with Crippen LogP contribution in [0.3, 0.4) is 0 Å². The molecule has 0 aromatic heterocycles. The van der Waals surface area contributed by atoms with E-state index in [1.165, 1.54) is 51.4 Å². The summed E-state index contributed by atoms with van der Waals surface area (Å²) in [6, 6.07) is 0. The SMILES string of the molecule is CCCCCCCCC/C=C/C1=NCCN1. The fraction of sp³-hybridized carbons (Fsp3) is 0.786. The molecule has 0 aromatic carbocycles.